The number of aromatic nitrogens is 2. The Balaban J connectivity index is 1.10. The van der Waals surface area contributed by atoms with Gasteiger partial charge < -0.3 is 38.3 Å². The topological polar surface area (TPSA) is 94.2 Å². The van der Waals surface area contributed by atoms with Crippen molar-refractivity contribution in [3.63, 3.8) is 0 Å². The lowest BCUT2D eigenvalue weighted by molar-refractivity contribution is 0.0781. The van der Waals surface area contributed by atoms with Gasteiger partial charge in [0.05, 0.1) is 45.2 Å². The smallest absolute Gasteiger partial charge is 0.253 e. The number of methoxy groups -OCH3 is 3. The highest BCUT2D eigenvalue weighted by molar-refractivity contribution is 6.30. The van der Waals surface area contributed by atoms with Crippen LogP contribution < -0.4 is 19.5 Å². The Morgan fingerprint density at radius 2 is 1.76 bits per heavy atom. The number of anilines is 1. The van der Waals surface area contributed by atoms with Gasteiger partial charge in [0.15, 0.2) is 11.5 Å². The molecule has 5 aromatic rings. The van der Waals surface area contributed by atoms with Crippen LogP contribution in [0, 0.1) is 0 Å². The van der Waals surface area contributed by atoms with E-state index in [-0.39, 0.29) is 11.8 Å². The summed E-state index contributed by atoms with van der Waals surface area (Å²) in [6, 6.07) is 23.8. The summed E-state index contributed by atoms with van der Waals surface area (Å²) in [5, 5.41) is 4.43. The fourth-order valence-electron chi connectivity index (χ4n) is 6.69. The van der Waals surface area contributed by atoms with Gasteiger partial charge in [0.1, 0.15) is 5.76 Å². The molecule has 1 N–H and O–H groups in total. The quantitative estimate of drug-likeness (QED) is 0.131. The summed E-state index contributed by atoms with van der Waals surface area (Å²) in [5.41, 5.74) is 3.63. The Bertz CT molecular complexity index is 1830. The molecule has 6 rings (SSSR count). The number of nitrogens with one attached hydrogen (secondary N) is 1. The van der Waals surface area contributed by atoms with Gasteiger partial charge in [-0.15, -0.1) is 0 Å². The van der Waals surface area contributed by atoms with Gasteiger partial charge in [-0.1, -0.05) is 35.9 Å². The van der Waals surface area contributed by atoms with Gasteiger partial charge >= 0.3 is 0 Å². The van der Waals surface area contributed by atoms with Crippen molar-refractivity contribution in [1.82, 2.24) is 19.4 Å². The van der Waals surface area contributed by atoms with Gasteiger partial charge in [-0.2, -0.15) is 0 Å². The van der Waals surface area contributed by atoms with Gasteiger partial charge in [0.25, 0.3) is 5.91 Å². The van der Waals surface area contributed by atoms with Crippen molar-refractivity contribution in [1.29, 1.82) is 0 Å². The molecule has 0 bridgehead atoms. The summed E-state index contributed by atoms with van der Waals surface area (Å²) in [6.45, 7) is 4.00. The van der Waals surface area contributed by atoms with E-state index in [4.69, 9.17) is 35.2 Å². The number of benzene rings is 3. The Kier molecular flexibility index (Phi) is 11.0. The van der Waals surface area contributed by atoms with E-state index in [0.29, 0.717) is 47.0 Å². The Hall–Kier alpha value is -4.67. The molecule has 1 aliphatic rings. The maximum absolute atomic E-state index is 13.7. The number of nitrogens with zero attached hydrogens (tertiary/aromatic N) is 4. The van der Waals surface area contributed by atoms with Gasteiger partial charge in [0.2, 0.25) is 11.7 Å². The molecule has 2 aromatic heterocycles. The molecule has 0 spiro atoms. The highest BCUT2D eigenvalue weighted by Gasteiger charge is 2.25. The second kappa shape index (κ2) is 15.7. The first-order valence-electron chi connectivity index (χ1n) is 16.6. The molecular formula is C38H44ClN5O5. The largest absolute Gasteiger partial charge is 0.493 e. The lowest BCUT2D eigenvalue weighted by atomic mass is 9.94. The van der Waals surface area contributed by atoms with Crippen LogP contribution in [0.3, 0.4) is 0 Å². The first kappa shape index (κ1) is 34.2. The molecule has 1 aliphatic heterocycles. The molecule has 10 nitrogen and oxygen atoms in total. The summed E-state index contributed by atoms with van der Waals surface area (Å²) in [7, 11) is 6.47. The van der Waals surface area contributed by atoms with Crippen LogP contribution in [0.2, 0.25) is 5.02 Å². The van der Waals surface area contributed by atoms with Crippen LogP contribution in [0.5, 0.6) is 17.2 Å². The number of halogens is 1. The molecule has 3 heterocycles. The summed E-state index contributed by atoms with van der Waals surface area (Å²) in [4.78, 5) is 22.9. The predicted molar refractivity (Wildman–Crippen MR) is 192 cm³/mol. The van der Waals surface area contributed by atoms with Crippen molar-refractivity contribution < 1.29 is 23.4 Å². The summed E-state index contributed by atoms with van der Waals surface area (Å²) in [6.07, 6.45) is 4.60. The van der Waals surface area contributed by atoms with Gasteiger partial charge in [-0.25, -0.2) is 4.98 Å². The van der Waals surface area contributed by atoms with Crippen LogP contribution >= 0.6 is 11.6 Å². The first-order valence-corrected chi connectivity index (χ1v) is 17.0. The molecule has 0 saturated carbocycles. The zero-order valence-corrected chi connectivity index (χ0v) is 29.3. The maximum atomic E-state index is 13.7. The predicted octanol–water partition coefficient (Wildman–Crippen LogP) is 7.18. The van der Waals surface area contributed by atoms with Crippen molar-refractivity contribution in [3.05, 3.63) is 101 Å². The molecule has 1 amide bonds. The van der Waals surface area contributed by atoms with Crippen LogP contribution in [-0.2, 0) is 6.54 Å². The molecule has 258 valence electrons. The number of piperidine rings is 1. The zero-order valence-electron chi connectivity index (χ0n) is 28.5. The molecule has 3 aromatic carbocycles. The van der Waals surface area contributed by atoms with Crippen LogP contribution in [0.25, 0.3) is 11.0 Å². The number of ether oxygens (including phenoxy) is 3. The van der Waals surface area contributed by atoms with Crippen LogP contribution in [-0.4, -0.2) is 85.9 Å². The van der Waals surface area contributed by atoms with Crippen molar-refractivity contribution in [2.75, 3.05) is 59.9 Å². The normalized spacial score (nSPS) is 14.5. The number of para-hydroxylation sites is 2. The fourth-order valence-corrected chi connectivity index (χ4v) is 6.89. The third-order valence-corrected chi connectivity index (χ3v) is 9.57. The zero-order chi connectivity index (χ0) is 34.3. The van der Waals surface area contributed by atoms with Crippen molar-refractivity contribution >= 4 is 34.5 Å². The lowest BCUT2D eigenvalue weighted by Crippen LogP contribution is -2.40. The van der Waals surface area contributed by atoms with E-state index in [1.165, 1.54) is 0 Å². The minimum Gasteiger partial charge on any atom is -0.493 e. The third kappa shape index (κ3) is 7.98. The minimum absolute atomic E-state index is 0.0899. The number of hydrogen-bond acceptors (Lipinski definition) is 8. The summed E-state index contributed by atoms with van der Waals surface area (Å²) in [5.74, 6) is 3.06. The monoisotopic (exact) mass is 685 g/mol. The van der Waals surface area contributed by atoms with Crippen LogP contribution in [0.15, 0.2) is 83.5 Å². The number of likely N-dealkylation sites (tertiary alicyclic amines) is 1. The van der Waals surface area contributed by atoms with Crippen LogP contribution in [0.4, 0.5) is 5.95 Å². The number of carbonyl (C=O) groups excluding carboxylic acids is 1. The fraction of sp³-hybridized carbons (Fsp3) is 0.368. The number of amides is 1. The van der Waals surface area contributed by atoms with Gasteiger partial charge in [0, 0.05) is 49.2 Å². The molecule has 1 saturated heterocycles. The average molecular weight is 686 g/mol. The molecule has 49 heavy (non-hydrogen) atoms. The number of imidazole rings is 1. The Morgan fingerprint density at radius 3 is 2.43 bits per heavy atom. The standard InChI is InChI=1S/C38H44ClN5O5/c1-42(37(45)28-22-34(46-2)36(48-4)35(23-28)47-3)24-27(26-9-7-10-29(39)21-26)14-17-43-18-15-30(16-19-43)40-38-41-32-12-5-6-13-33(32)44(38)25-31-11-8-20-49-31/h5-13,20-23,27,30H,14-19,24-25H2,1-4H3,(H,40,41). The van der Waals surface area contributed by atoms with E-state index < -0.39 is 0 Å². The molecule has 0 radical (unpaired) electrons. The third-order valence-electron chi connectivity index (χ3n) is 9.34. The minimum atomic E-state index is -0.128. The first-order chi connectivity index (χ1) is 23.9. The van der Waals surface area contributed by atoms with E-state index in [2.05, 4.69) is 26.9 Å². The molecule has 1 fully saturated rings. The summed E-state index contributed by atoms with van der Waals surface area (Å²) < 4.78 is 24.3. The number of fused-ring (bicyclic) bond motifs is 1. The Labute approximate surface area is 292 Å². The molecule has 1 unspecified atom stereocenters. The highest BCUT2D eigenvalue weighted by Crippen LogP contribution is 2.38. The second-order valence-electron chi connectivity index (χ2n) is 12.5. The van der Waals surface area contributed by atoms with E-state index in [1.807, 2.05) is 55.6 Å². The van der Waals surface area contributed by atoms with Gasteiger partial charge in [-0.05, 0) is 79.9 Å². The lowest BCUT2D eigenvalue weighted by Gasteiger charge is -2.34. The van der Waals surface area contributed by atoms with Gasteiger partial charge in [-0.3, -0.25) is 4.79 Å². The number of hydrogen-bond donors (Lipinski definition) is 1. The Morgan fingerprint density at radius 1 is 1.00 bits per heavy atom. The highest BCUT2D eigenvalue weighted by atomic mass is 35.5. The number of rotatable bonds is 14. The molecule has 1 atom stereocenters. The maximum Gasteiger partial charge on any atom is 0.253 e. The summed E-state index contributed by atoms with van der Waals surface area (Å²) >= 11 is 6.44. The number of furan rings is 1. The van der Waals surface area contributed by atoms with Crippen LogP contribution in [0.1, 0.15) is 46.9 Å². The molecular weight excluding hydrogens is 642 g/mol. The number of likely N-dealkylation sites (N-methyl/N-ethyl adjacent to an activating group) is 1. The van der Waals surface area contributed by atoms with Crippen molar-refractivity contribution in [2.24, 2.45) is 0 Å². The van der Waals surface area contributed by atoms with E-state index in [0.717, 1.165) is 67.2 Å². The van der Waals surface area contributed by atoms with Crippen molar-refractivity contribution in [3.8, 4) is 17.2 Å². The average Bonchev–Trinajstić information content (AvgIpc) is 3.77. The molecule has 0 aliphatic carbocycles. The van der Waals surface area contributed by atoms with E-state index in [9.17, 15) is 4.79 Å². The van der Waals surface area contributed by atoms with E-state index >= 15 is 0 Å². The van der Waals surface area contributed by atoms with Crippen molar-refractivity contribution in [2.45, 2.75) is 37.8 Å². The SMILES string of the molecule is COc1cc(C(=O)N(C)CC(CCN2CCC(Nc3nc4ccccc4n3Cc3ccco3)CC2)c2cccc(Cl)c2)cc(OC)c1OC. The molecule has 11 heteroatoms. The second-order valence-corrected chi connectivity index (χ2v) is 12.9. The number of carbonyl (C=O) groups is 1. The van der Waals surface area contributed by atoms with E-state index in [1.54, 1.807) is 44.6 Å².